The third-order valence-corrected chi connectivity index (χ3v) is 3.23. The smallest absolute Gasteiger partial charge is 0.145 e. The van der Waals surface area contributed by atoms with Crippen molar-refractivity contribution < 1.29 is 0 Å². The van der Waals surface area contributed by atoms with Crippen molar-refractivity contribution in [1.29, 1.82) is 0 Å². The van der Waals surface area contributed by atoms with Crippen molar-refractivity contribution in [3.63, 3.8) is 0 Å². The van der Waals surface area contributed by atoms with Gasteiger partial charge in [0.15, 0.2) is 0 Å². The van der Waals surface area contributed by atoms with Gasteiger partial charge in [0.25, 0.3) is 0 Å². The number of nitrogen functional groups attached to an aromatic ring is 1. The summed E-state index contributed by atoms with van der Waals surface area (Å²) in [5.74, 6) is 0.511. The van der Waals surface area contributed by atoms with Gasteiger partial charge in [-0.25, -0.2) is 0 Å². The normalized spacial score (nSPS) is 10.6. The molecule has 0 aliphatic carbocycles. The van der Waals surface area contributed by atoms with E-state index in [1.165, 1.54) is 16.7 Å². The number of anilines is 1. The summed E-state index contributed by atoms with van der Waals surface area (Å²) < 4.78 is 0. The maximum Gasteiger partial charge on any atom is 0.145 e. The Morgan fingerprint density at radius 3 is 2.42 bits per heavy atom. The lowest BCUT2D eigenvalue weighted by atomic mass is 9.97. The number of nitrogens with two attached hydrogens (primary N) is 1. The van der Waals surface area contributed by atoms with Crippen molar-refractivity contribution in [2.45, 2.75) is 6.92 Å². The fourth-order valence-corrected chi connectivity index (χ4v) is 2.20. The molecule has 3 nitrogen and oxygen atoms in total. The topological polar surface area (TPSA) is 54.7 Å². The Hall–Kier alpha value is -2.55. The van der Waals surface area contributed by atoms with Crippen LogP contribution in [0.4, 0.5) is 5.82 Å². The first-order valence-electron chi connectivity index (χ1n) is 6.21. The van der Waals surface area contributed by atoms with Gasteiger partial charge in [0, 0.05) is 11.6 Å². The van der Waals surface area contributed by atoms with Gasteiger partial charge in [0.05, 0.1) is 5.69 Å². The summed E-state index contributed by atoms with van der Waals surface area (Å²) in [4.78, 5) is 0. The maximum atomic E-state index is 5.65. The molecule has 94 valence electrons. The Morgan fingerprint density at radius 1 is 0.947 bits per heavy atom. The first-order valence-corrected chi connectivity index (χ1v) is 6.21. The van der Waals surface area contributed by atoms with Crippen LogP contribution < -0.4 is 5.73 Å². The second-order valence-electron chi connectivity index (χ2n) is 4.60. The second-order valence-corrected chi connectivity index (χ2v) is 4.60. The van der Waals surface area contributed by atoms with E-state index in [9.17, 15) is 0 Å². The summed E-state index contributed by atoms with van der Waals surface area (Å²) in [6.45, 7) is 2.12. The minimum absolute atomic E-state index is 0.511. The van der Waals surface area contributed by atoms with Crippen molar-refractivity contribution in [3.05, 3.63) is 60.2 Å². The summed E-state index contributed by atoms with van der Waals surface area (Å²) in [6, 6.07) is 18.6. The van der Waals surface area contributed by atoms with E-state index in [4.69, 9.17) is 5.73 Å². The highest BCUT2D eigenvalue weighted by Gasteiger charge is 2.06. The number of nitrogens with zero attached hydrogens (tertiary/aromatic N) is 1. The fraction of sp³-hybridized carbons (Fsp3) is 0.0625. The molecule has 0 atom stereocenters. The van der Waals surface area contributed by atoms with Gasteiger partial charge in [-0.3, -0.25) is 5.10 Å². The van der Waals surface area contributed by atoms with Crippen LogP contribution in [-0.2, 0) is 0 Å². The first kappa shape index (κ1) is 11.5. The van der Waals surface area contributed by atoms with Crippen LogP contribution in [0.2, 0.25) is 0 Å². The Balaban J connectivity index is 2.11. The van der Waals surface area contributed by atoms with Crippen LogP contribution in [0.15, 0.2) is 54.6 Å². The number of nitrogens with one attached hydrogen (secondary N) is 1. The molecule has 0 fully saturated rings. The average Bonchev–Trinajstić information content (AvgIpc) is 2.87. The Kier molecular flexibility index (Phi) is 2.80. The summed E-state index contributed by atoms with van der Waals surface area (Å²) in [5, 5.41) is 6.92. The number of aromatic amines is 1. The highest BCUT2D eigenvalue weighted by Crippen LogP contribution is 2.28. The molecule has 3 aromatic rings. The molecule has 0 aliphatic heterocycles. The largest absolute Gasteiger partial charge is 0.382 e. The molecule has 0 radical (unpaired) electrons. The number of benzene rings is 2. The van der Waals surface area contributed by atoms with Crippen LogP contribution >= 0.6 is 0 Å². The van der Waals surface area contributed by atoms with E-state index in [0.29, 0.717) is 5.82 Å². The van der Waals surface area contributed by atoms with Gasteiger partial charge < -0.3 is 5.73 Å². The molecule has 1 heterocycles. The minimum atomic E-state index is 0.511. The summed E-state index contributed by atoms with van der Waals surface area (Å²) >= 11 is 0. The zero-order chi connectivity index (χ0) is 13.2. The van der Waals surface area contributed by atoms with Crippen LogP contribution in [0.1, 0.15) is 5.56 Å². The number of rotatable bonds is 2. The first-order chi connectivity index (χ1) is 9.24. The highest BCUT2D eigenvalue weighted by atomic mass is 15.2. The van der Waals surface area contributed by atoms with E-state index in [0.717, 1.165) is 11.3 Å². The molecular weight excluding hydrogens is 234 g/mol. The van der Waals surface area contributed by atoms with Gasteiger partial charge in [0.2, 0.25) is 0 Å². The van der Waals surface area contributed by atoms with Crippen molar-refractivity contribution in [3.8, 4) is 22.4 Å². The van der Waals surface area contributed by atoms with Gasteiger partial charge in [-0.15, -0.1) is 0 Å². The van der Waals surface area contributed by atoms with Gasteiger partial charge >= 0.3 is 0 Å². The lowest BCUT2D eigenvalue weighted by molar-refractivity contribution is 1.10. The van der Waals surface area contributed by atoms with Gasteiger partial charge in [-0.2, -0.15) is 5.10 Å². The number of hydrogen-bond donors (Lipinski definition) is 2. The molecule has 0 saturated carbocycles. The summed E-state index contributed by atoms with van der Waals surface area (Å²) in [7, 11) is 0. The molecule has 0 bridgehead atoms. The lowest BCUT2D eigenvalue weighted by Crippen LogP contribution is -1.86. The molecule has 3 heteroatoms. The summed E-state index contributed by atoms with van der Waals surface area (Å²) in [6.07, 6.45) is 0. The highest BCUT2D eigenvalue weighted by molar-refractivity contribution is 5.74. The third kappa shape index (κ3) is 2.22. The van der Waals surface area contributed by atoms with E-state index >= 15 is 0 Å². The molecule has 3 N–H and O–H groups in total. The number of H-pyrrole nitrogens is 1. The van der Waals surface area contributed by atoms with E-state index in [2.05, 4.69) is 59.6 Å². The fourth-order valence-electron chi connectivity index (χ4n) is 2.20. The van der Waals surface area contributed by atoms with Crippen molar-refractivity contribution >= 4 is 5.82 Å². The number of aromatic nitrogens is 2. The minimum Gasteiger partial charge on any atom is -0.382 e. The van der Waals surface area contributed by atoms with Gasteiger partial charge in [-0.05, 0) is 29.7 Å². The van der Waals surface area contributed by atoms with Crippen molar-refractivity contribution in [2.75, 3.05) is 5.73 Å². The molecule has 0 spiro atoms. The predicted octanol–water partition coefficient (Wildman–Crippen LogP) is 3.63. The third-order valence-electron chi connectivity index (χ3n) is 3.23. The SMILES string of the molecule is Cc1ccc(-c2cc(N)n[nH]2)cc1-c1ccccc1. The Morgan fingerprint density at radius 2 is 1.74 bits per heavy atom. The van der Waals surface area contributed by atoms with E-state index in [-0.39, 0.29) is 0 Å². The van der Waals surface area contributed by atoms with Crippen molar-refractivity contribution in [2.24, 2.45) is 0 Å². The Bertz CT molecular complexity index is 699. The second kappa shape index (κ2) is 4.61. The monoisotopic (exact) mass is 249 g/mol. The molecule has 0 amide bonds. The molecule has 2 aromatic carbocycles. The maximum absolute atomic E-state index is 5.65. The van der Waals surface area contributed by atoms with Crippen LogP contribution in [0.25, 0.3) is 22.4 Å². The Labute approximate surface area is 112 Å². The van der Waals surface area contributed by atoms with E-state index in [1.54, 1.807) is 0 Å². The quantitative estimate of drug-likeness (QED) is 0.728. The molecule has 0 saturated heterocycles. The molecule has 0 unspecified atom stereocenters. The van der Waals surface area contributed by atoms with Gasteiger partial charge in [0.1, 0.15) is 5.82 Å². The van der Waals surface area contributed by atoms with E-state index < -0.39 is 0 Å². The molecular formula is C16H15N3. The van der Waals surface area contributed by atoms with Gasteiger partial charge in [-0.1, -0.05) is 42.5 Å². The number of aryl methyl sites for hydroxylation is 1. The predicted molar refractivity (Wildman–Crippen MR) is 78.6 cm³/mol. The van der Waals surface area contributed by atoms with Crippen LogP contribution in [-0.4, -0.2) is 10.2 Å². The average molecular weight is 249 g/mol. The molecule has 1 aromatic heterocycles. The lowest BCUT2D eigenvalue weighted by Gasteiger charge is -2.08. The zero-order valence-electron chi connectivity index (χ0n) is 10.7. The zero-order valence-corrected chi connectivity index (χ0v) is 10.7. The van der Waals surface area contributed by atoms with Crippen LogP contribution in [0, 0.1) is 6.92 Å². The van der Waals surface area contributed by atoms with Crippen LogP contribution in [0.5, 0.6) is 0 Å². The van der Waals surface area contributed by atoms with E-state index in [1.807, 2.05) is 12.1 Å². The summed E-state index contributed by atoms with van der Waals surface area (Å²) in [5.41, 5.74) is 11.4. The van der Waals surface area contributed by atoms with Crippen molar-refractivity contribution in [1.82, 2.24) is 10.2 Å². The number of hydrogen-bond acceptors (Lipinski definition) is 2. The molecule has 19 heavy (non-hydrogen) atoms. The van der Waals surface area contributed by atoms with Crippen LogP contribution in [0.3, 0.4) is 0 Å². The standard InChI is InChI=1S/C16H15N3/c1-11-7-8-13(15-10-16(17)19-18-15)9-14(11)12-5-3-2-4-6-12/h2-10H,1H3,(H3,17,18,19). The molecule has 3 rings (SSSR count). The molecule has 0 aliphatic rings.